The number of nitrogens with zero attached hydrogens (tertiary/aromatic N) is 1. The molecule has 7 heteroatoms. The smallest absolute Gasteiger partial charge is 0.274 e. The summed E-state index contributed by atoms with van der Waals surface area (Å²) in [5.74, 6) is -5.00. The largest absolute Gasteiger partial charge is 0.388 e. The molecule has 1 heterocycles. The maximum absolute atomic E-state index is 13.0. The molecule has 1 aromatic heterocycles. The fourth-order valence-electron chi connectivity index (χ4n) is 1.53. The van der Waals surface area contributed by atoms with Crippen molar-refractivity contribution in [3.63, 3.8) is 0 Å². The van der Waals surface area contributed by atoms with E-state index in [1.807, 2.05) is 0 Å². The normalized spacial score (nSPS) is 10.2. The van der Waals surface area contributed by atoms with Gasteiger partial charge < -0.3 is 10.6 Å². The minimum atomic E-state index is -1.58. The van der Waals surface area contributed by atoms with Gasteiger partial charge in [-0.25, -0.2) is 13.2 Å². The van der Waals surface area contributed by atoms with Crippen LogP contribution in [0.3, 0.4) is 0 Å². The molecule has 0 saturated heterocycles. The number of carbonyl (C=O) groups is 1. The van der Waals surface area contributed by atoms with Gasteiger partial charge >= 0.3 is 0 Å². The SMILES string of the molecule is CNc1ccnc(C(=O)Nc2cc(F)c(F)c(F)c2)c1. The van der Waals surface area contributed by atoms with Crippen molar-refractivity contribution in [3.8, 4) is 0 Å². The number of hydrogen-bond acceptors (Lipinski definition) is 3. The highest BCUT2D eigenvalue weighted by molar-refractivity contribution is 6.03. The number of pyridine rings is 1. The van der Waals surface area contributed by atoms with E-state index in [2.05, 4.69) is 15.6 Å². The lowest BCUT2D eigenvalue weighted by Crippen LogP contribution is -2.14. The second kappa shape index (κ2) is 5.60. The highest BCUT2D eigenvalue weighted by atomic mass is 19.2. The fourth-order valence-corrected chi connectivity index (χ4v) is 1.53. The number of rotatable bonds is 3. The summed E-state index contributed by atoms with van der Waals surface area (Å²) < 4.78 is 38.8. The Morgan fingerprint density at radius 2 is 1.75 bits per heavy atom. The van der Waals surface area contributed by atoms with Crippen molar-refractivity contribution in [2.45, 2.75) is 0 Å². The van der Waals surface area contributed by atoms with Gasteiger partial charge in [0.25, 0.3) is 5.91 Å². The topological polar surface area (TPSA) is 54.0 Å². The van der Waals surface area contributed by atoms with Crippen LogP contribution in [0, 0.1) is 17.5 Å². The highest BCUT2D eigenvalue weighted by Gasteiger charge is 2.13. The predicted octanol–water partition coefficient (Wildman–Crippen LogP) is 2.79. The first-order valence-electron chi connectivity index (χ1n) is 5.61. The van der Waals surface area contributed by atoms with Gasteiger partial charge in [-0.2, -0.15) is 0 Å². The van der Waals surface area contributed by atoms with Gasteiger partial charge in [0.2, 0.25) is 0 Å². The average molecular weight is 281 g/mol. The molecule has 0 saturated carbocycles. The number of nitrogens with one attached hydrogen (secondary N) is 2. The van der Waals surface area contributed by atoms with E-state index in [0.29, 0.717) is 17.8 Å². The monoisotopic (exact) mass is 281 g/mol. The Hall–Kier alpha value is -2.57. The van der Waals surface area contributed by atoms with Gasteiger partial charge in [0.05, 0.1) is 0 Å². The summed E-state index contributed by atoms with van der Waals surface area (Å²) in [5.41, 5.74) is 0.520. The van der Waals surface area contributed by atoms with Crippen LogP contribution in [0.5, 0.6) is 0 Å². The second-order valence-electron chi connectivity index (χ2n) is 3.89. The Bertz CT molecular complexity index is 638. The molecule has 104 valence electrons. The number of aromatic nitrogens is 1. The average Bonchev–Trinajstić information content (AvgIpc) is 2.44. The first-order valence-corrected chi connectivity index (χ1v) is 5.61. The van der Waals surface area contributed by atoms with Crippen LogP contribution >= 0.6 is 0 Å². The van der Waals surface area contributed by atoms with Crippen LogP contribution in [0.4, 0.5) is 24.5 Å². The summed E-state index contributed by atoms with van der Waals surface area (Å²) >= 11 is 0. The lowest BCUT2D eigenvalue weighted by Gasteiger charge is -2.07. The zero-order chi connectivity index (χ0) is 14.7. The summed E-state index contributed by atoms with van der Waals surface area (Å²) in [4.78, 5) is 15.7. The Labute approximate surface area is 112 Å². The molecule has 20 heavy (non-hydrogen) atoms. The van der Waals surface area contributed by atoms with Gasteiger partial charge in [-0.1, -0.05) is 0 Å². The summed E-state index contributed by atoms with van der Waals surface area (Å²) in [6.45, 7) is 0. The summed E-state index contributed by atoms with van der Waals surface area (Å²) in [6.07, 6.45) is 1.41. The van der Waals surface area contributed by atoms with Crippen molar-refractivity contribution in [1.29, 1.82) is 0 Å². The van der Waals surface area contributed by atoms with Gasteiger partial charge in [-0.15, -0.1) is 0 Å². The lowest BCUT2D eigenvalue weighted by atomic mass is 10.2. The molecular formula is C13H10F3N3O. The molecule has 0 aliphatic rings. The molecule has 0 bridgehead atoms. The molecule has 1 amide bonds. The maximum atomic E-state index is 13.0. The number of halogens is 3. The van der Waals surface area contributed by atoms with Crippen molar-refractivity contribution in [2.75, 3.05) is 17.7 Å². The zero-order valence-electron chi connectivity index (χ0n) is 10.4. The Kier molecular flexibility index (Phi) is 3.88. The Morgan fingerprint density at radius 1 is 1.10 bits per heavy atom. The molecule has 2 N–H and O–H groups in total. The summed E-state index contributed by atoms with van der Waals surface area (Å²) in [6, 6.07) is 4.50. The van der Waals surface area contributed by atoms with E-state index in [0.717, 1.165) is 0 Å². The number of carbonyl (C=O) groups excluding carboxylic acids is 1. The third-order valence-corrected chi connectivity index (χ3v) is 2.52. The van der Waals surface area contributed by atoms with Gasteiger partial charge in [0, 0.05) is 36.8 Å². The Morgan fingerprint density at radius 3 is 2.35 bits per heavy atom. The maximum Gasteiger partial charge on any atom is 0.274 e. The molecule has 0 aliphatic heterocycles. The first kappa shape index (κ1) is 13.9. The third kappa shape index (κ3) is 2.87. The molecule has 0 spiro atoms. The molecule has 0 aliphatic carbocycles. The number of benzene rings is 1. The minimum Gasteiger partial charge on any atom is -0.388 e. The van der Waals surface area contributed by atoms with Crippen molar-refractivity contribution >= 4 is 17.3 Å². The number of amides is 1. The van der Waals surface area contributed by atoms with Gasteiger partial charge in [-0.05, 0) is 12.1 Å². The van der Waals surface area contributed by atoms with E-state index in [1.165, 1.54) is 12.3 Å². The van der Waals surface area contributed by atoms with Crippen LogP contribution in [0.15, 0.2) is 30.5 Å². The molecule has 0 fully saturated rings. The predicted molar refractivity (Wildman–Crippen MR) is 68.1 cm³/mol. The second-order valence-corrected chi connectivity index (χ2v) is 3.89. The van der Waals surface area contributed by atoms with Crippen molar-refractivity contribution in [2.24, 2.45) is 0 Å². The van der Waals surface area contributed by atoms with Crippen LogP contribution in [0.25, 0.3) is 0 Å². The van der Waals surface area contributed by atoms with E-state index < -0.39 is 23.4 Å². The lowest BCUT2D eigenvalue weighted by molar-refractivity contribution is 0.102. The summed E-state index contributed by atoms with van der Waals surface area (Å²) in [5, 5.41) is 5.06. The van der Waals surface area contributed by atoms with E-state index in [9.17, 15) is 18.0 Å². The van der Waals surface area contributed by atoms with Gasteiger partial charge in [0.15, 0.2) is 17.5 Å². The third-order valence-electron chi connectivity index (χ3n) is 2.52. The van der Waals surface area contributed by atoms with E-state index in [1.54, 1.807) is 13.1 Å². The van der Waals surface area contributed by atoms with Crippen molar-refractivity contribution < 1.29 is 18.0 Å². The molecule has 0 radical (unpaired) electrons. The molecule has 0 unspecified atom stereocenters. The van der Waals surface area contributed by atoms with Gasteiger partial charge in [-0.3, -0.25) is 9.78 Å². The van der Waals surface area contributed by atoms with E-state index >= 15 is 0 Å². The molecule has 0 atom stereocenters. The minimum absolute atomic E-state index is 0.0574. The van der Waals surface area contributed by atoms with Crippen molar-refractivity contribution in [3.05, 3.63) is 53.6 Å². The van der Waals surface area contributed by atoms with Crippen LogP contribution in [-0.4, -0.2) is 17.9 Å². The molecule has 1 aromatic carbocycles. The molecular weight excluding hydrogens is 271 g/mol. The van der Waals surface area contributed by atoms with E-state index in [-0.39, 0.29) is 11.4 Å². The van der Waals surface area contributed by atoms with Crippen LogP contribution in [0.1, 0.15) is 10.5 Å². The van der Waals surface area contributed by atoms with Crippen LogP contribution in [-0.2, 0) is 0 Å². The summed E-state index contributed by atoms with van der Waals surface area (Å²) in [7, 11) is 1.67. The zero-order valence-corrected chi connectivity index (χ0v) is 10.4. The van der Waals surface area contributed by atoms with Crippen molar-refractivity contribution in [1.82, 2.24) is 4.98 Å². The molecule has 2 rings (SSSR count). The standard InChI is InChI=1S/C13H10F3N3O/c1-17-7-2-3-18-11(6-7)13(20)19-8-4-9(14)12(16)10(15)5-8/h2-6H,1H3,(H,17,18)(H,19,20). The fraction of sp³-hybridized carbons (Fsp3) is 0.0769. The molecule has 4 nitrogen and oxygen atoms in total. The quantitative estimate of drug-likeness (QED) is 0.851. The van der Waals surface area contributed by atoms with E-state index in [4.69, 9.17) is 0 Å². The number of anilines is 2. The van der Waals surface area contributed by atoms with Crippen LogP contribution in [0.2, 0.25) is 0 Å². The highest BCUT2D eigenvalue weighted by Crippen LogP contribution is 2.18. The number of hydrogen-bond donors (Lipinski definition) is 2. The molecule has 2 aromatic rings. The van der Waals surface area contributed by atoms with Gasteiger partial charge in [0.1, 0.15) is 5.69 Å². The van der Waals surface area contributed by atoms with Crippen LogP contribution < -0.4 is 10.6 Å². The first-order chi connectivity index (χ1) is 9.51. The Balaban J connectivity index is 2.23.